The quantitative estimate of drug-likeness (QED) is 0.586. The van der Waals surface area contributed by atoms with E-state index in [2.05, 4.69) is 45.9 Å². The molecule has 0 aromatic rings. The van der Waals surface area contributed by atoms with E-state index in [1.54, 1.807) is 0 Å². The Labute approximate surface area is 82.4 Å². The van der Waals surface area contributed by atoms with Crippen LogP contribution < -0.4 is 0 Å². The van der Waals surface area contributed by atoms with Crippen LogP contribution in [-0.4, -0.2) is 18.5 Å². The fourth-order valence-electron chi connectivity index (χ4n) is 1.16. The number of rotatable bonds is 5. The van der Waals surface area contributed by atoms with Crippen molar-refractivity contribution in [3.63, 3.8) is 0 Å². The molecule has 1 nitrogen and oxygen atoms in total. The minimum Gasteiger partial charge on any atom is -0.375 e. The summed E-state index contributed by atoms with van der Waals surface area (Å²) in [5.41, 5.74) is 2.36. The lowest BCUT2D eigenvalue weighted by atomic mass is 9.99. The summed E-state index contributed by atoms with van der Waals surface area (Å²) in [4.78, 5) is 2.15. The maximum Gasteiger partial charge on any atom is 0.0325 e. The topological polar surface area (TPSA) is 3.24 Å². The number of likely N-dealkylation sites (N-methyl/N-ethyl adjacent to an activating group) is 1. The first-order valence-corrected chi connectivity index (χ1v) is 4.77. The summed E-state index contributed by atoms with van der Waals surface area (Å²) in [5.74, 6) is 0.500. The molecule has 0 saturated carbocycles. The molecule has 13 heavy (non-hydrogen) atoms. The van der Waals surface area contributed by atoms with Crippen molar-refractivity contribution in [1.29, 1.82) is 0 Å². The summed E-state index contributed by atoms with van der Waals surface area (Å²) in [6.45, 7) is 15.2. The Morgan fingerprint density at radius 2 is 2.00 bits per heavy atom. The molecule has 0 bridgehead atoms. The second-order valence-electron chi connectivity index (χ2n) is 3.47. The van der Waals surface area contributed by atoms with E-state index < -0.39 is 0 Å². The van der Waals surface area contributed by atoms with E-state index in [9.17, 15) is 0 Å². The van der Waals surface area contributed by atoms with Gasteiger partial charge in [0.25, 0.3) is 0 Å². The Bertz CT molecular complexity index is 211. The summed E-state index contributed by atoms with van der Waals surface area (Å²) >= 11 is 0. The molecule has 0 amide bonds. The van der Waals surface area contributed by atoms with Crippen molar-refractivity contribution in [3.05, 3.63) is 36.6 Å². The fraction of sp³-hybridized carbons (Fsp3) is 0.500. The predicted octanol–water partition coefficient (Wildman–Crippen LogP) is 3.22. The van der Waals surface area contributed by atoms with Crippen molar-refractivity contribution in [3.8, 4) is 0 Å². The maximum absolute atomic E-state index is 4.08. The van der Waals surface area contributed by atoms with Crippen LogP contribution in [0.5, 0.6) is 0 Å². The molecule has 0 fully saturated rings. The third-order valence-corrected chi connectivity index (χ3v) is 2.19. The average molecular weight is 179 g/mol. The number of allylic oxidation sites excluding steroid dienone is 3. The minimum atomic E-state index is 0.500. The molecular formula is C12H21N. The zero-order chi connectivity index (χ0) is 10.4. The van der Waals surface area contributed by atoms with Crippen LogP contribution in [0.4, 0.5) is 0 Å². The van der Waals surface area contributed by atoms with Crippen LogP contribution in [0.25, 0.3) is 0 Å². The summed E-state index contributed by atoms with van der Waals surface area (Å²) in [5, 5.41) is 0. The normalized spacial score (nSPS) is 11.6. The van der Waals surface area contributed by atoms with Gasteiger partial charge < -0.3 is 4.90 Å². The highest BCUT2D eigenvalue weighted by molar-refractivity contribution is 5.31. The molecule has 0 atom stereocenters. The van der Waals surface area contributed by atoms with E-state index in [4.69, 9.17) is 0 Å². The third-order valence-electron chi connectivity index (χ3n) is 2.19. The Balaban J connectivity index is 4.66. The van der Waals surface area contributed by atoms with Gasteiger partial charge in [-0.15, -0.1) is 0 Å². The Morgan fingerprint density at radius 1 is 1.46 bits per heavy atom. The SMILES string of the molecule is C=C/C=C(\C(=C)N(C)CC)C(C)C. The second kappa shape index (κ2) is 5.63. The number of hydrogen-bond acceptors (Lipinski definition) is 1. The van der Waals surface area contributed by atoms with Gasteiger partial charge in [0.15, 0.2) is 0 Å². The largest absolute Gasteiger partial charge is 0.375 e. The molecule has 0 radical (unpaired) electrons. The second-order valence-corrected chi connectivity index (χ2v) is 3.47. The molecule has 0 spiro atoms. The maximum atomic E-state index is 4.08. The van der Waals surface area contributed by atoms with Crippen molar-refractivity contribution < 1.29 is 0 Å². The zero-order valence-corrected chi connectivity index (χ0v) is 9.30. The lowest BCUT2D eigenvalue weighted by Crippen LogP contribution is -2.19. The van der Waals surface area contributed by atoms with Gasteiger partial charge in [-0.25, -0.2) is 0 Å². The molecule has 0 aromatic carbocycles. The standard InChI is InChI=1S/C12H21N/c1-7-9-12(10(3)4)11(5)13(6)8-2/h7,9-10H,1,5,8H2,2-4,6H3/b12-9-. The highest BCUT2D eigenvalue weighted by Gasteiger charge is 2.09. The van der Waals surface area contributed by atoms with Gasteiger partial charge in [0.05, 0.1) is 0 Å². The summed E-state index contributed by atoms with van der Waals surface area (Å²) < 4.78 is 0. The first-order valence-electron chi connectivity index (χ1n) is 4.77. The monoisotopic (exact) mass is 179 g/mol. The molecular weight excluding hydrogens is 158 g/mol. The van der Waals surface area contributed by atoms with Crippen molar-refractivity contribution in [2.75, 3.05) is 13.6 Å². The highest BCUT2D eigenvalue weighted by atomic mass is 15.1. The molecule has 0 aliphatic heterocycles. The molecule has 0 unspecified atom stereocenters. The van der Waals surface area contributed by atoms with Gasteiger partial charge in [-0.1, -0.05) is 39.2 Å². The average Bonchev–Trinajstić information content (AvgIpc) is 2.11. The van der Waals surface area contributed by atoms with Gasteiger partial charge in [-0.3, -0.25) is 0 Å². The van der Waals surface area contributed by atoms with Crippen LogP contribution >= 0.6 is 0 Å². The molecule has 74 valence electrons. The van der Waals surface area contributed by atoms with Gasteiger partial charge in [0.2, 0.25) is 0 Å². The van der Waals surface area contributed by atoms with E-state index in [-0.39, 0.29) is 0 Å². The predicted molar refractivity (Wildman–Crippen MR) is 60.6 cm³/mol. The Hall–Kier alpha value is -0.980. The van der Waals surface area contributed by atoms with E-state index >= 15 is 0 Å². The molecule has 0 saturated heterocycles. The third kappa shape index (κ3) is 3.49. The molecule has 0 N–H and O–H groups in total. The van der Waals surface area contributed by atoms with Crippen LogP contribution in [0.3, 0.4) is 0 Å². The smallest absolute Gasteiger partial charge is 0.0325 e. The van der Waals surface area contributed by atoms with Crippen LogP contribution in [0.2, 0.25) is 0 Å². The van der Waals surface area contributed by atoms with Crippen molar-refractivity contribution >= 4 is 0 Å². The van der Waals surface area contributed by atoms with E-state index in [0.717, 1.165) is 12.2 Å². The summed E-state index contributed by atoms with van der Waals surface area (Å²) in [7, 11) is 2.06. The van der Waals surface area contributed by atoms with E-state index in [0.29, 0.717) is 5.92 Å². The van der Waals surface area contributed by atoms with Crippen LogP contribution in [0.1, 0.15) is 20.8 Å². The minimum absolute atomic E-state index is 0.500. The molecule has 0 aromatic heterocycles. The Kier molecular flexibility index (Phi) is 5.20. The van der Waals surface area contributed by atoms with Gasteiger partial charge >= 0.3 is 0 Å². The Morgan fingerprint density at radius 3 is 2.31 bits per heavy atom. The summed E-state index contributed by atoms with van der Waals surface area (Å²) in [6, 6.07) is 0. The van der Waals surface area contributed by atoms with Gasteiger partial charge in [0, 0.05) is 19.3 Å². The first-order chi connectivity index (χ1) is 6.04. The molecule has 0 heterocycles. The molecule has 0 aliphatic carbocycles. The van der Waals surface area contributed by atoms with Crippen molar-refractivity contribution in [2.24, 2.45) is 5.92 Å². The summed E-state index contributed by atoms with van der Waals surface area (Å²) in [6.07, 6.45) is 3.86. The highest BCUT2D eigenvalue weighted by Crippen LogP contribution is 2.20. The lowest BCUT2D eigenvalue weighted by Gasteiger charge is -2.24. The van der Waals surface area contributed by atoms with Gasteiger partial charge in [0.1, 0.15) is 0 Å². The number of nitrogens with zero attached hydrogens (tertiary/aromatic N) is 1. The van der Waals surface area contributed by atoms with Crippen molar-refractivity contribution in [2.45, 2.75) is 20.8 Å². The molecule has 0 aliphatic rings. The van der Waals surface area contributed by atoms with Crippen LogP contribution in [0.15, 0.2) is 36.6 Å². The fourth-order valence-corrected chi connectivity index (χ4v) is 1.16. The molecule has 1 heteroatoms. The molecule has 0 rings (SSSR count). The zero-order valence-electron chi connectivity index (χ0n) is 9.30. The van der Waals surface area contributed by atoms with Crippen LogP contribution in [0, 0.1) is 5.92 Å². The van der Waals surface area contributed by atoms with E-state index in [1.807, 2.05) is 12.2 Å². The van der Waals surface area contributed by atoms with E-state index in [1.165, 1.54) is 5.57 Å². The number of hydrogen-bond donors (Lipinski definition) is 0. The van der Waals surface area contributed by atoms with Gasteiger partial charge in [-0.05, 0) is 18.4 Å². The van der Waals surface area contributed by atoms with Gasteiger partial charge in [-0.2, -0.15) is 0 Å². The van der Waals surface area contributed by atoms with Crippen molar-refractivity contribution in [1.82, 2.24) is 4.90 Å². The lowest BCUT2D eigenvalue weighted by molar-refractivity contribution is 0.441. The van der Waals surface area contributed by atoms with Crippen LogP contribution in [-0.2, 0) is 0 Å². The first kappa shape index (κ1) is 12.0.